The molecule has 1 saturated heterocycles. The van der Waals surface area contributed by atoms with Crippen molar-refractivity contribution in [3.63, 3.8) is 0 Å². The van der Waals surface area contributed by atoms with Gasteiger partial charge in [0, 0.05) is 19.6 Å². The molecule has 1 aromatic rings. The first kappa shape index (κ1) is 23.0. The molecular formula is C22H35N3O4. The van der Waals surface area contributed by atoms with E-state index < -0.39 is 5.60 Å². The lowest BCUT2D eigenvalue weighted by Crippen LogP contribution is -2.47. The molecule has 0 aliphatic carbocycles. The van der Waals surface area contributed by atoms with Gasteiger partial charge in [0.25, 0.3) is 0 Å². The minimum atomic E-state index is -0.540. The first-order valence-corrected chi connectivity index (χ1v) is 10.2. The number of methoxy groups -OCH3 is 1. The van der Waals surface area contributed by atoms with Crippen LogP contribution in [0, 0.1) is 5.92 Å². The zero-order valence-electron chi connectivity index (χ0n) is 18.5. The molecule has 29 heavy (non-hydrogen) atoms. The van der Waals surface area contributed by atoms with E-state index in [0.717, 1.165) is 24.2 Å². The van der Waals surface area contributed by atoms with Crippen molar-refractivity contribution in [3.8, 4) is 5.75 Å². The molecule has 2 rings (SSSR count). The molecule has 1 fully saturated rings. The van der Waals surface area contributed by atoms with E-state index in [4.69, 9.17) is 9.47 Å². The van der Waals surface area contributed by atoms with Crippen LogP contribution >= 0.6 is 0 Å². The number of carbonyl (C=O) groups excluding carboxylic acids is 2. The summed E-state index contributed by atoms with van der Waals surface area (Å²) >= 11 is 0. The number of nitrogens with zero attached hydrogens (tertiary/aromatic N) is 2. The molecule has 162 valence electrons. The van der Waals surface area contributed by atoms with Crippen LogP contribution < -0.4 is 10.1 Å². The van der Waals surface area contributed by atoms with Gasteiger partial charge in [-0.2, -0.15) is 0 Å². The topological polar surface area (TPSA) is 71.1 Å². The van der Waals surface area contributed by atoms with Crippen molar-refractivity contribution in [1.82, 2.24) is 15.1 Å². The molecule has 0 unspecified atom stereocenters. The van der Waals surface area contributed by atoms with Gasteiger partial charge in [0.05, 0.1) is 19.1 Å². The summed E-state index contributed by atoms with van der Waals surface area (Å²) < 4.78 is 10.8. The number of ether oxygens (including phenoxy) is 2. The molecule has 1 aliphatic heterocycles. The highest BCUT2D eigenvalue weighted by atomic mass is 16.6. The van der Waals surface area contributed by atoms with E-state index in [1.54, 1.807) is 12.0 Å². The molecule has 1 aliphatic rings. The van der Waals surface area contributed by atoms with Gasteiger partial charge in [-0.1, -0.05) is 12.1 Å². The Hall–Kier alpha value is -2.28. The van der Waals surface area contributed by atoms with Crippen LogP contribution in [-0.4, -0.2) is 68.2 Å². The van der Waals surface area contributed by atoms with E-state index in [9.17, 15) is 9.59 Å². The number of nitrogens with one attached hydrogen (secondary N) is 1. The Morgan fingerprint density at radius 2 is 2.03 bits per heavy atom. The fourth-order valence-corrected chi connectivity index (χ4v) is 3.47. The average Bonchev–Trinajstić information content (AvgIpc) is 2.66. The third kappa shape index (κ3) is 6.92. The molecule has 0 spiro atoms. The number of benzene rings is 1. The van der Waals surface area contributed by atoms with E-state index in [1.165, 1.54) is 0 Å². The Kier molecular flexibility index (Phi) is 7.90. The predicted molar refractivity (Wildman–Crippen MR) is 113 cm³/mol. The smallest absolute Gasteiger partial charge is 0.410 e. The summed E-state index contributed by atoms with van der Waals surface area (Å²) in [6.07, 6.45) is 1.22. The quantitative estimate of drug-likeness (QED) is 0.788. The van der Waals surface area contributed by atoms with Crippen molar-refractivity contribution in [3.05, 3.63) is 29.8 Å². The summed E-state index contributed by atoms with van der Waals surface area (Å²) in [5.74, 6) is 0.554. The van der Waals surface area contributed by atoms with E-state index >= 15 is 0 Å². The maximum atomic E-state index is 12.8. The standard InChI is InChI=1S/C22H35N3O4/c1-22(2,3)29-21(27)25-12-8-10-17(15-25)20(26)23-14-19(24(4)5)16-9-7-11-18(13-16)28-6/h7,9,11,13,17,19H,8,10,12,14-15H2,1-6H3,(H,23,26)/t17-,19-/m0/s1. The molecule has 1 N–H and O–H groups in total. The van der Waals surface area contributed by atoms with Gasteiger partial charge in [0.2, 0.25) is 5.91 Å². The van der Waals surface area contributed by atoms with Crippen LogP contribution in [0.3, 0.4) is 0 Å². The van der Waals surface area contributed by atoms with Gasteiger partial charge in [0.1, 0.15) is 11.4 Å². The highest BCUT2D eigenvalue weighted by molar-refractivity contribution is 5.80. The van der Waals surface area contributed by atoms with Crippen LogP contribution in [0.4, 0.5) is 4.79 Å². The van der Waals surface area contributed by atoms with Crippen molar-refractivity contribution in [2.75, 3.05) is 40.8 Å². The number of piperidine rings is 1. The molecule has 1 aromatic carbocycles. The molecule has 0 saturated carbocycles. The zero-order chi connectivity index (χ0) is 21.6. The lowest BCUT2D eigenvalue weighted by atomic mass is 9.97. The van der Waals surface area contributed by atoms with Gasteiger partial charge in [-0.15, -0.1) is 0 Å². The van der Waals surface area contributed by atoms with Gasteiger partial charge >= 0.3 is 6.09 Å². The van der Waals surface area contributed by atoms with Crippen LogP contribution in [0.5, 0.6) is 5.75 Å². The molecule has 2 amide bonds. The average molecular weight is 406 g/mol. The second-order valence-corrected chi connectivity index (χ2v) is 8.77. The highest BCUT2D eigenvalue weighted by Crippen LogP contribution is 2.23. The Morgan fingerprint density at radius 3 is 2.66 bits per heavy atom. The first-order chi connectivity index (χ1) is 13.6. The molecule has 0 bridgehead atoms. The molecule has 0 aromatic heterocycles. The van der Waals surface area contributed by atoms with Gasteiger partial charge in [-0.05, 0) is 65.4 Å². The monoisotopic (exact) mass is 405 g/mol. The Morgan fingerprint density at radius 1 is 1.31 bits per heavy atom. The van der Waals surface area contributed by atoms with Crippen LogP contribution in [0.1, 0.15) is 45.2 Å². The summed E-state index contributed by atoms with van der Waals surface area (Å²) in [5.41, 5.74) is 0.538. The van der Waals surface area contributed by atoms with Crippen molar-refractivity contribution < 1.29 is 19.1 Å². The molecule has 7 heteroatoms. The summed E-state index contributed by atoms with van der Waals surface area (Å²) in [4.78, 5) is 28.9. The van der Waals surface area contributed by atoms with Crippen molar-refractivity contribution >= 4 is 12.0 Å². The fraction of sp³-hybridized carbons (Fsp3) is 0.636. The molecule has 0 radical (unpaired) electrons. The van der Waals surface area contributed by atoms with E-state index in [0.29, 0.717) is 19.6 Å². The lowest BCUT2D eigenvalue weighted by molar-refractivity contribution is -0.126. The number of likely N-dealkylation sites (N-methyl/N-ethyl adjacent to an activating group) is 1. The molecular weight excluding hydrogens is 370 g/mol. The Bertz CT molecular complexity index is 700. The summed E-state index contributed by atoms with van der Waals surface area (Å²) in [5, 5.41) is 3.08. The Balaban J connectivity index is 1.96. The fourth-order valence-electron chi connectivity index (χ4n) is 3.47. The number of carbonyl (C=O) groups is 2. The number of hydrogen-bond acceptors (Lipinski definition) is 5. The second kappa shape index (κ2) is 9.96. The second-order valence-electron chi connectivity index (χ2n) is 8.77. The summed E-state index contributed by atoms with van der Waals surface area (Å²) in [6.45, 7) is 7.05. The van der Waals surface area contributed by atoms with Crippen LogP contribution in [0.25, 0.3) is 0 Å². The van der Waals surface area contributed by atoms with Crippen molar-refractivity contribution in [2.24, 2.45) is 5.92 Å². The maximum absolute atomic E-state index is 12.8. The van der Waals surface area contributed by atoms with Crippen molar-refractivity contribution in [2.45, 2.75) is 45.3 Å². The SMILES string of the molecule is COc1cccc([C@H](CNC(=O)[C@H]2CCCN(C(=O)OC(C)(C)C)C2)N(C)C)c1. The summed E-state index contributed by atoms with van der Waals surface area (Å²) in [7, 11) is 5.62. The van der Waals surface area contributed by atoms with E-state index in [2.05, 4.69) is 10.2 Å². The van der Waals surface area contributed by atoms with Crippen LogP contribution in [-0.2, 0) is 9.53 Å². The molecule has 2 atom stereocenters. The first-order valence-electron chi connectivity index (χ1n) is 10.2. The van der Waals surface area contributed by atoms with Gasteiger partial charge in [-0.3, -0.25) is 4.79 Å². The number of amides is 2. The molecule has 1 heterocycles. The predicted octanol–water partition coefficient (Wildman–Crippen LogP) is 3.06. The number of hydrogen-bond donors (Lipinski definition) is 1. The van der Waals surface area contributed by atoms with Gasteiger partial charge in [0.15, 0.2) is 0 Å². The van der Waals surface area contributed by atoms with Gasteiger partial charge in [-0.25, -0.2) is 4.79 Å². The van der Waals surface area contributed by atoms with E-state index in [1.807, 2.05) is 59.1 Å². The third-order valence-corrected chi connectivity index (χ3v) is 5.02. The van der Waals surface area contributed by atoms with E-state index in [-0.39, 0.29) is 24.0 Å². The van der Waals surface area contributed by atoms with Crippen LogP contribution in [0.15, 0.2) is 24.3 Å². The lowest BCUT2D eigenvalue weighted by Gasteiger charge is -2.34. The van der Waals surface area contributed by atoms with Crippen molar-refractivity contribution in [1.29, 1.82) is 0 Å². The summed E-state index contributed by atoms with van der Waals surface area (Å²) in [6, 6.07) is 7.90. The minimum absolute atomic E-state index is 0.0204. The maximum Gasteiger partial charge on any atom is 0.410 e. The van der Waals surface area contributed by atoms with Gasteiger partial charge < -0.3 is 24.6 Å². The Labute approximate surface area is 174 Å². The normalized spacial score (nSPS) is 18.3. The minimum Gasteiger partial charge on any atom is -0.497 e. The zero-order valence-corrected chi connectivity index (χ0v) is 18.5. The number of likely N-dealkylation sites (tertiary alicyclic amines) is 1. The molecule has 7 nitrogen and oxygen atoms in total. The number of rotatable bonds is 6. The third-order valence-electron chi connectivity index (χ3n) is 5.02. The largest absolute Gasteiger partial charge is 0.497 e. The van der Waals surface area contributed by atoms with Crippen LogP contribution in [0.2, 0.25) is 0 Å². The highest BCUT2D eigenvalue weighted by Gasteiger charge is 2.31.